The average molecular weight is 988 g/mol. The Morgan fingerprint density at radius 2 is 0.986 bits per heavy atom. The molecule has 3 heterocycles. The summed E-state index contributed by atoms with van der Waals surface area (Å²) in [5.74, 6) is 4.89. The van der Waals surface area contributed by atoms with Gasteiger partial charge < -0.3 is 38.2 Å². The molecule has 0 unspecified atom stereocenters. The number of likely N-dealkylation sites (N-methyl/N-ethyl adjacent to an activating group) is 1. The zero-order chi connectivity index (χ0) is 50.4. The second-order valence-corrected chi connectivity index (χ2v) is 17.9. The molecule has 72 heavy (non-hydrogen) atoms. The minimum absolute atomic E-state index is 0.0856. The Balaban J connectivity index is 0.000000195. The first-order chi connectivity index (χ1) is 35.1. The lowest BCUT2D eigenvalue weighted by Crippen LogP contribution is -2.44. The number of rotatable bonds is 19. The molecule has 1 fully saturated rings. The largest absolute Gasteiger partial charge is 0.493 e. The van der Waals surface area contributed by atoms with Gasteiger partial charge in [0.25, 0.3) is 0 Å². The van der Waals surface area contributed by atoms with Gasteiger partial charge in [-0.15, -0.1) is 11.6 Å². The molecule has 0 radical (unpaired) electrons. The topological polar surface area (TPSA) is 122 Å². The number of carbonyl (C=O) groups is 2. The third-order valence-electron chi connectivity index (χ3n) is 12.3. The number of aryl methyl sites for hydroxylation is 2. The summed E-state index contributed by atoms with van der Waals surface area (Å²) in [6.45, 7) is 10.4. The maximum absolute atomic E-state index is 13.3. The Morgan fingerprint density at radius 3 is 1.43 bits per heavy atom. The molecule has 0 atom stereocenters. The van der Waals surface area contributed by atoms with E-state index >= 15 is 0 Å². The van der Waals surface area contributed by atoms with Crippen LogP contribution in [0.2, 0.25) is 0 Å². The highest BCUT2D eigenvalue weighted by Gasteiger charge is 2.21. The summed E-state index contributed by atoms with van der Waals surface area (Å²) < 4.78 is 35.8. The van der Waals surface area contributed by atoms with Gasteiger partial charge in [-0.05, 0) is 82.3 Å². The predicted octanol–water partition coefficient (Wildman–Crippen LogP) is 12.2. The van der Waals surface area contributed by atoms with Crippen LogP contribution in [0.5, 0.6) is 46.0 Å². The number of nitrogens with zero attached hydrogens (tertiary/aromatic N) is 4. The monoisotopic (exact) mass is 986 g/mol. The fourth-order valence-electron chi connectivity index (χ4n) is 8.31. The molecule has 1 aliphatic rings. The van der Waals surface area contributed by atoms with Crippen molar-refractivity contribution in [2.75, 3.05) is 73.1 Å². The van der Waals surface area contributed by atoms with Gasteiger partial charge >= 0.3 is 0 Å². The summed E-state index contributed by atoms with van der Waals surface area (Å²) in [6.07, 6.45) is 5.03. The number of piperazine rings is 1. The molecule has 1 aliphatic heterocycles. The minimum Gasteiger partial charge on any atom is -0.493 e. The number of aromatic nitrogens is 2. The maximum Gasteiger partial charge on any atom is 0.196 e. The number of methoxy groups -OCH3 is 2. The first-order valence-electron chi connectivity index (χ1n) is 24.0. The van der Waals surface area contributed by atoms with Crippen LogP contribution in [-0.2, 0) is 0 Å². The van der Waals surface area contributed by atoms with Gasteiger partial charge in [-0.25, -0.2) is 0 Å². The summed E-state index contributed by atoms with van der Waals surface area (Å²) >= 11 is 5.75. The maximum atomic E-state index is 13.3. The van der Waals surface area contributed by atoms with Crippen LogP contribution in [0.3, 0.4) is 0 Å². The molecular formula is C59H59ClN4O8. The van der Waals surface area contributed by atoms with Crippen LogP contribution in [0.25, 0.3) is 21.8 Å². The van der Waals surface area contributed by atoms with Gasteiger partial charge in [0.15, 0.2) is 34.6 Å². The zero-order valence-electron chi connectivity index (χ0n) is 41.4. The van der Waals surface area contributed by atoms with Crippen LogP contribution in [0, 0.1) is 13.8 Å². The van der Waals surface area contributed by atoms with Gasteiger partial charge in [-0.3, -0.25) is 19.6 Å². The van der Waals surface area contributed by atoms with Crippen LogP contribution in [-0.4, -0.2) is 104 Å². The van der Waals surface area contributed by atoms with Crippen molar-refractivity contribution in [2.24, 2.45) is 0 Å². The summed E-state index contributed by atoms with van der Waals surface area (Å²) in [5.41, 5.74) is 5.61. The Morgan fingerprint density at radius 1 is 0.528 bits per heavy atom. The van der Waals surface area contributed by atoms with Crippen LogP contribution in [0.1, 0.15) is 55.8 Å². The van der Waals surface area contributed by atoms with Gasteiger partial charge in [0.05, 0.1) is 49.6 Å². The molecule has 6 aromatic carbocycles. The normalized spacial score (nSPS) is 12.7. The SMILES string of the molecule is COc1cc2c(Oc3ccc(C)cc3C(=O)c3ccccc3)ccnc2cc1OCCCCl.COc1cc2c(Oc3ccc(C)cc3C(=O)c3ccccc3)ccnc2cc1OCCCN1CCN(C)CC1. The molecule has 0 amide bonds. The lowest BCUT2D eigenvalue weighted by Gasteiger charge is -2.32. The summed E-state index contributed by atoms with van der Waals surface area (Å²) in [5, 5.41) is 1.52. The molecule has 2 aromatic heterocycles. The Labute approximate surface area is 426 Å². The highest BCUT2D eigenvalue weighted by Crippen LogP contribution is 2.40. The summed E-state index contributed by atoms with van der Waals surface area (Å²) in [7, 11) is 5.38. The number of pyridine rings is 2. The zero-order valence-corrected chi connectivity index (χ0v) is 42.1. The predicted molar refractivity (Wildman–Crippen MR) is 284 cm³/mol. The second kappa shape index (κ2) is 24.6. The molecule has 0 spiro atoms. The third kappa shape index (κ3) is 12.7. The van der Waals surface area contributed by atoms with E-state index in [9.17, 15) is 9.59 Å². The van der Waals surface area contributed by atoms with Crippen LogP contribution in [0.4, 0.5) is 0 Å². The van der Waals surface area contributed by atoms with E-state index in [4.69, 9.17) is 40.0 Å². The number of ketones is 2. The average Bonchev–Trinajstić information content (AvgIpc) is 3.41. The molecule has 1 saturated heterocycles. The van der Waals surface area contributed by atoms with E-state index in [-0.39, 0.29) is 11.6 Å². The Bertz CT molecular complexity index is 3130. The number of halogens is 1. The van der Waals surface area contributed by atoms with E-state index in [1.54, 1.807) is 50.9 Å². The number of alkyl halides is 1. The van der Waals surface area contributed by atoms with Gasteiger partial charge in [0, 0.05) is 85.0 Å². The Hall–Kier alpha value is -7.51. The standard InChI is InChI=1S/C32H35N3O4.C27H24ClNO4/c1-23-10-11-28(26(20-23)32(36)24-8-5-4-6-9-24)39-29-12-13-33-27-22-31(30(37-3)21-25(27)29)38-19-7-14-35-17-15-34(2)16-18-35;1-18-9-10-23(21(15-18)27(30)19-7-4-3-5-8-19)33-24-11-13-29-22-17-26(32-14-6-12-28)25(31-2)16-20(22)24/h4-6,8-13,20-22H,7,14-19H2,1-3H3;3-5,7-11,13,15-17H,6,12,14H2,1-2H3. The number of carbonyl (C=O) groups excluding carboxylic acids is 2. The van der Waals surface area contributed by atoms with Crippen LogP contribution >= 0.6 is 11.6 Å². The molecule has 0 aliphatic carbocycles. The molecule has 0 N–H and O–H groups in total. The third-order valence-corrected chi connectivity index (χ3v) is 12.5. The van der Waals surface area contributed by atoms with Crippen molar-refractivity contribution in [2.45, 2.75) is 26.7 Å². The smallest absolute Gasteiger partial charge is 0.196 e. The van der Waals surface area contributed by atoms with Crippen molar-refractivity contribution < 1.29 is 38.0 Å². The van der Waals surface area contributed by atoms with E-state index in [0.29, 0.717) is 92.9 Å². The fraction of sp³-hybridized carbons (Fsp3) is 0.254. The first kappa shape index (κ1) is 50.9. The first-order valence-corrected chi connectivity index (χ1v) is 24.6. The van der Waals surface area contributed by atoms with Crippen molar-refractivity contribution in [1.82, 2.24) is 19.8 Å². The number of ether oxygens (including phenoxy) is 6. The quantitative estimate of drug-likeness (QED) is 0.0435. The van der Waals surface area contributed by atoms with Crippen LogP contribution in [0.15, 0.2) is 146 Å². The minimum atomic E-state index is -0.0970. The van der Waals surface area contributed by atoms with Gasteiger partial charge in [0.2, 0.25) is 0 Å². The number of benzene rings is 6. The van der Waals surface area contributed by atoms with Crippen molar-refractivity contribution in [3.8, 4) is 46.0 Å². The lowest BCUT2D eigenvalue weighted by molar-refractivity contribution is 0.102. The molecule has 0 bridgehead atoms. The molecule has 9 rings (SSSR count). The molecular weight excluding hydrogens is 928 g/mol. The van der Waals surface area contributed by atoms with Crippen molar-refractivity contribution >= 4 is 45.0 Å². The fourth-order valence-corrected chi connectivity index (χ4v) is 8.41. The summed E-state index contributed by atoms with van der Waals surface area (Å²) in [6, 6.07) is 40.6. The highest BCUT2D eigenvalue weighted by molar-refractivity contribution is 6.17. The van der Waals surface area contributed by atoms with E-state index in [2.05, 4.69) is 26.8 Å². The number of fused-ring (bicyclic) bond motifs is 2. The van der Waals surface area contributed by atoms with E-state index in [1.165, 1.54) is 0 Å². The second-order valence-electron chi connectivity index (χ2n) is 17.5. The van der Waals surface area contributed by atoms with Gasteiger partial charge in [-0.1, -0.05) is 83.9 Å². The number of hydrogen-bond donors (Lipinski definition) is 0. The summed E-state index contributed by atoms with van der Waals surface area (Å²) in [4.78, 5) is 40.4. The molecule has 13 heteroatoms. The van der Waals surface area contributed by atoms with E-state index < -0.39 is 0 Å². The van der Waals surface area contributed by atoms with Gasteiger partial charge in [0.1, 0.15) is 23.0 Å². The lowest BCUT2D eigenvalue weighted by atomic mass is 10.0. The van der Waals surface area contributed by atoms with E-state index in [1.807, 2.05) is 123 Å². The molecule has 370 valence electrons. The number of hydrogen-bond acceptors (Lipinski definition) is 12. The van der Waals surface area contributed by atoms with Crippen molar-refractivity contribution in [3.63, 3.8) is 0 Å². The Kier molecular flexibility index (Phi) is 17.3. The highest BCUT2D eigenvalue weighted by atomic mass is 35.5. The van der Waals surface area contributed by atoms with Crippen molar-refractivity contribution in [3.05, 3.63) is 179 Å². The molecule has 0 saturated carbocycles. The molecule has 8 aromatic rings. The molecule has 12 nitrogen and oxygen atoms in total. The van der Waals surface area contributed by atoms with Gasteiger partial charge in [-0.2, -0.15) is 0 Å². The van der Waals surface area contributed by atoms with Crippen molar-refractivity contribution in [1.29, 1.82) is 0 Å². The van der Waals surface area contributed by atoms with Crippen LogP contribution < -0.4 is 28.4 Å². The van der Waals surface area contributed by atoms with E-state index in [0.717, 1.165) is 73.0 Å².